The molecule has 19 heavy (non-hydrogen) atoms. The van der Waals surface area contributed by atoms with Gasteiger partial charge in [0.2, 0.25) is 0 Å². The van der Waals surface area contributed by atoms with Crippen LogP contribution in [0.4, 0.5) is 4.79 Å². The normalized spacial score (nSPS) is 28.5. The molecule has 0 radical (unpaired) electrons. The standard InChI is InChI=1S/C14H26N2O3/c1-9-4-5-12(8-11(9)3)16-14(19)15-7-6-10(2)13(17)18/h9-12H,4-8H2,1-3H3,(H,17,18)(H2,15,16,19). The lowest BCUT2D eigenvalue weighted by Crippen LogP contribution is -2.45. The number of carbonyl (C=O) groups excluding carboxylic acids is 1. The van der Waals surface area contributed by atoms with Crippen LogP contribution in [0.5, 0.6) is 0 Å². The van der Waals surface area contributed by atoms with Crippen molar-refractivity contribution in [2.75, 3.05) is 6.54 Å². The van der Waals surface area contributed by atoms with E-state index in [4.69, 9.17) is 5.11 Å². The van der Waals surface area contributed by atoms with E-state index in [9.17, 15) is 9.59 Å². The number of urea groups is 1. The van der Waals surface area contributed by atoms with Crippen LogP contribution in [0.25, 0.3) is 0 Å². The van der Waals surface area contributed by atoms with Crippen LogP contribution < -0.4 is 10.6 Å². The van der Waals surface area contributed by atoms with Gasteiger partial charge in [0.05, 0.1) is 5.92 Å². The monoisotopic (exact) mass is 270 g/mol. The topological polar surface area (TPSA) is 78.4 Å². The lowest BCUT2D eigenvalue weighted by molar-refractivity contribution is -0.141. The zero-order chi connectivity index (χ0) is 14.4. The molecule has 0 saturated heterocycles. The third kappa shape index (κ3) is 5.49. The number of carboxylic acid groups (broad SMARTS) is 1. The van der Waals surface area contributed by atoms with Gasteiger partial charge in [-0.15, -0.1) is 0 Å². The molecule has 5 heteroatoms. The Hall–Kier alpha value is -1.26. The highest BCUT2D eigenvalue weighted by atomic mass is 16.4. The van der Waals surface area contributed by atoms with Gasteiger partial charge in [0.1, 0.15) is 0 Å². The number of carboxylic acids is 1. The molecular weight excluding hydrogens is 244 g/mol. The van der Waals surface area contributed by atoms with Crippen LogP contribution in [-0.2, 0) is 4.79 Å². The van der Waals surface area contributed by atoms with E-state index in [1.165, 1.54) is 0 Å². The molecule has 2 amide bonds. The summed E-state index contributed by atoms with van der Waals surface area (Å²) >= 11 is 0. The van der Waals surface area contributed by atoms with Gasteiger partial charge in [-0.3, -0.25) is 4.79 Å². The van der Waals surface area contributed by atoms with Crippen molar-refractivity contribution in [1.29, 1.82) is 0 Å². The zero-order valence-electron chi connectivity index (χ0n) is 12.1. The molecule has 1 aliphatic rings. The summed E-state index contributed by atoms with van der Waals surface area (Å²) in [4.78, 5) is 22.3. The first-order valence-electron chi connectivity index (χ1n) is 7.17. The predicted octanol–water partition coefficient (Wildman–Crippen LogP) is 2.22. The van der Waals surface area contributed by atoms with Crippen LogP contribution in [0.1, 0.15) is 46.5 Å². The number of aliphatic carboxylic acids is 1. The second-order valence-electron chi connectivity index (χ2n) is 5.89. The van der Waals surface area contributed by atoms with Gasteiger partial charge in [0.25, 0.3) is 0 Å². The average molecular weight is 270 g/mol. The summed E-state index contributed by atoms with van der Waals surface area (Å²) in [6.07, 6.45) is 3.67. The molecule has 1 rings (SSSR count). The van der Waals surface area contributed by atoms with Gasteiger partial charge in [-0.05, 0) is 37.5 Å². The minimum Gasteiger partial charge on any atom is -0.481 e. The molecule has 0 aromatic heterocycles. The van der Waals surface area contributed by atoms with Crippen LogP contribution in [-0.4, -0.2) is 29.7 Å². The molecule has 110 valence electrons. The zero-order valence-corrected chi connectivity index (χ0v) is 12.1. The fraction of sp³-hybridized carbons (Fsp3) is 0.857. The summed E-state index contributed by atoms with van der Waals surface area (Å²) in [6, 6.07) is 0.0763. The van der Waals surface area contributed by atoms with E-state index < -0.39 is 11.9 Å². The number of hydrogen-bond donors (Lipinski definition) is 3. The number of amides is 2. The highest BCUT2D eigenvalue weighted by Gasteiger charge is 2.25. The molecule has 0 bridgehead atoms. The first kappa shape index (κ1) is 15.8. The molecule has 0 spiro atoms. The molecule has 0 aromatic carbocycles. The number of nitrogens with one attached hydrogen (secondary N) is 2. The van der Waals surface area contributed by atoms with Crippen LogP contribution in [0, 0.1) is 17.8 Å². The van der Waals surface area contributed by atoms with Crippen molar-refractivity contribution in [3.8, 4) is 0 Å². The smallest absolute Gasteiger partial charge is 0.315 e. The van der Waals surface area contributed by atoms with Crippen LogP contribution in [0.3, 0.4) is 0 Å². The van der Waals surface area contributed by atoms with Gasteiger partial charge in [0.15, 0.2) is 0 Å². The lowest BCUT2D eigenvalue weighted by atomic mass is 9.79. The SMILES string of the molecule is CC(CCNC(=O)NC1CCC(C)C(C)C1)C(=O)O. The van der Waals surface area contributed by atoms with E-state index in [1.54, 1.807) is 6.92 Å². The Kier molecular flexibility index (Phi) is 6.12. The van der Waals surface area contributed by atoms with E-state index in [-0.39, 0.29) is 12.1 Å². The Morgan fingerprint density at radius 3 is 2.53 bits per heavy atom. The molecule has 5 nitrogen and oxygen atoms in total. The molecule has 1 saturated carbocycles. The minimum absolute atomic E-state index is 0.177. The Morgan fingerprint density at radius 2 is 1.95 bits per heavy atom. The maximum Gasteiger partial charge on any atom is 0.315 e. The molecular formula is C14H26N2O3. The van der Waals surface area contributed by atoms with E-state index >= 15 is 0 Å². The first-order valence-corrected chi connectivity index (χ1v) is 7.17. The van der Waals surface area contributed by atoms with E-state index in [0.29, 0.717) is 18.9 Å². The number of rotatable bonds is 5. The minimum atomic E-state index is -0.822. The van der Waals surface area contributed by atoms with Gasteiger partial charge in [-0.1, -0.05) is 20.8 Å². The van der Waals surface area contributed by atoms with Crippen molar-refractivity contribution < 1.29 is 14.7 Å². The fourth-order valence-corrected chi connectivity index (χ4v) is 2.44. The second-order valence-corrected chi connectivity index (χ2v) is 5.89. The molecule has 4 atom stereocenters. The van der Waals surface area contributed by atoms with Gasteiger partial charge < -0.3 is 15.7 Å². The van der Waals surface area contributed by atoms with Crippen molar-refractivity contribution in [1.82, 2.24) is 10.6 Å². The highest BCUT2D eigenvalue weighted by Crippen LogP contribution is 2.29. The Balaban J connectivity index is 2.19. The number of hydrogen-bond acceptors (Lipinski definition) is 2. The average Bonchev–Trinajstić information content (AvgIpc) is 2.33. The second kappa shape index (κ2) is 7.36. The van der Waals surface area contributed by atoms with Crippen molar-refractivity contribution in [3.63, 3.8) is 0 Å². The summed E-state index contributed by atoms with van der Waals surface area (Å²) in [5, 5.41) is 14.4. The lowest BCUT2D eigenvalue weighted by Gasteiger charge is -2.32. The predicted molar refractivity (Wildman–Crippen MR) is 73.9 cm³/mol. The summed E-state index contributed by atoms with van der Waals surface area (Å²) in [6.45, 7) is 6.53. The van der Waals surface area contributed by atoms with Gasteiger partial charge >= 0.3 is 12.0 Å². The van der Waals surface area contributed by atoms with Crippen molar-refractivity contribution in [2.24, 2.45) is 17.8 Å². The van der Waals surface area contributed by atoms with Crippen LogP contribution in [0.15, 0.2) is 0 Å². The van der Waals surface area contributed by atoms with E-state index in [0.717, 1.165) is 25.2 Å². The first-order chi connectivity index (χ1) is 8.90. The van der Waals surface area contributed by atoms with Crippen molar-refractivity contribution >= 4 is 12.0 Å². The third-order valence-electron chi connectivity index (χ3n) is 4.22. The molecule has 0 aromatic rings. The van der Waals surface area contributed by atoms with Crippen molar-refractivity contribution in [3.05, 3.63) is 0 Å². The Morgan fingerprint density at radius 1 is 1.26 bits per heavy atom. The van der Waals surface area contributed by atoms with Gasteiger partial charge in [0, 0.05) is 12.6 Å². The fourth-order valence-electron chi connectivity index (χ4n) is 2.44. The molecule has 1 fully saturated rings. The quantitative estimate of drug-likeness (QED) is 0.716. The number of carbonyl (C=O) groups is 2. The highest BCUT2D eigenvalue weighted by molar-refractivity contribution is 5.74. The summed E-state index contributed by atoms with van der Waals surface area (Å²) < 4.78 is 0. The van der Waals surface area contributed by atoms with Gasteiger partial charge in [-0.25, -0.2) is 4.79 Å². The molecule has 3 N–H and O–H groups in total. The summed E-state index contributed by atoms with van der Waals surface area (Å²) in [5.41, 5.74) is 0. The summed E-state index contributed by atoms with van der Waals surface area (Å²) in [5.74, 6) is 0.136. The molecule has 1 aliphatic carbocycles. The summed E-state index contributed by atoms with van der Waals surface area (Å²) in [7, 11) is 0. The van der Waals surface area contributed by atoms with Crippen LogP contribution in [0.2, 0.25) is 0 Å². The Labute approximate surface area is 115 Å². The largest absolute Gasteiger partial charge is 0.481 e. The molecule has 0 aliphatic heterocycles. The Bertz CT molecular complexity index is 320. The maximum absolute atomic E-state index is 11.7. The third-order valence-corrected chi connectivity index (χ3v) is 4.22. The maximum atomic E-state index is 11.7. The van der Waals surface area contributed by atoms with E-state index in [2.05, 4.69) is 24.5 Å². The van der Waals surface area contributed by atoms with Gasteiger partial charge in [-0.2, -0.15) is 0 Å². The van der Waals surface area contributed by atoms with Crippen LogP contribution >= 0.6 is 0 Å². The van der Waals surface area contributed by atoms with E-state index in [1.807, 2.05) is 0 Å². The molecule has 4 unspecified atom stereocenters. The van der Waals surface area contributed by atoms with Crippen molar-refractivity contribution in [2.45, 2.75) is 52.5 Å². The molecule has 0 heterocycles.